The first-order valence-electron chi connectivity index (χ1n) is 10.4. The van der Waals surface area contributed by atoms with Crippen molar-refractivity contribution in [3.63, 3.8) is 0 Å². The quantitative estimate of drug-likeness (QED) is 0.375. The number of alkyl carbamates (subject to hydrolysis) is 1. The molecule has 0 saturated carbocycles. The predicted octanol–water partition coefficient (Wildman–Crippen LogP) is 4.54. The molecule has 2 atom stereocenters. The van der Waals surface area contributed by atoms with Gasteiger partial charge in [-0.2, -0.15) is 0 Å². The Labute approximate surface area is 208 Å². The third-order valence-electron chi connectivity index (χ3n) is 4.34. The van der Waals surface area contributed by atoms with E-state index in [1.165, 1.54) is 12.1 Å². The van der Waals surface area contributed by atoms with Crippen LogP contribution in [0.4, 0.5) is 4.79 Å². The summed E-state index contributed by atoms with van der Waals surface area (Å²) in [7, 11) is 0. The lowest BCUT2D eigenvalue weighted by Gasteiger charge is -2.25. The molecule has 2 rings (SSSR count). The van der Waals surface area contributed by atoms with Crippen LogP contribution in [-0.4, -0.2) is 47.5 Å². The first kappa shape index (κ1) is 27.4. The summed E-state index contributed by atoms with van der Waals surface area (Å²) >= 11 is 12.0. The van der Waals surface area contributed by atoms with Crippen LogP contribution < -0.4 is 5.32 Å². The highest BCUT2D eigenvalue weighted by molar-refractivity contribution is 6.39. The second-order valence-corrected chi connectivity index (χ2v) is 9.18. The van der Waals surface area contributed by atoms with E-state index >= 15 is 0 Å². The number of esters is 2. The molecule has 0 fully saturated rings. The largest absolute Gasteiger partial charge is 0.460 e. The molecule has 2 aromatic rings. The zero-order chi connectivity index (χ0) is 25.3. The van der Waals surface area contributed by atoms with Crippen LogP contribution in [0.2, 0.25) is 10.0 Å². The molecule has 2 N–H and O–H groups in total. The van der Waals surface area contributed by atoms with Gasteiger partial charge in [0.15, 0.2) is 0 Å². The summed E-state index contributed by atoms with van der Waals surface area (Å²) in [5, 5.41) is 13.2. The number of carbonyl (C=O) groups is 3. The zero-order valence-corrected chi connectivity index (χ0v) is 20.6. The summed E-state index contributed by atoms with van der Waals surface area (Å²) in [6, 6.07) is 12.3. The summed E-state index contributed by atoms with van der Waals surface area (Å²) in [5.41, 5.74) is -0.0716. The Kier molecular flexibility index (Phi) is 10.2. The molecule has 0 spiro atoms. The Balaban J connectivity index is 2.03. The van der Waals surface area contributed by atoms with Crippen LogP contribution in [0.25, 0.3) is 0 Å². The Morgan fingerprint density at radius 2 is 1.59 bits per heavy atom. The van der Waals surface area contributed by atoms with Crippen molar-refractivity contribution in [2.24, 2.45) is 0 Å². The van der Waals surface area contributed by atoms with E-state index < -0.39 is 42.4 Å². The molecule has 34 heavy (non-hydrogen) atoms. The lowest BCUT2D eigenvalue weighted by molar-refractivity contribution is -0.156. The van der Waals surface area contributed by atoms with Crippen LogP contribution in [0.5, 0.6) is 0 Å². The van der Waals surface area contributed by atoms with E-state index in [1.54, 1.807) is 51.1 Å². The molecule has 0 bridgehead atoms. The monoisotopic (exact) mass is 511 g/mol. The molecule has 0 aromatic heterocycles. The Hall–Kier alpha value is -2.81. The number of hydrogen-bond donors (Lipinski definition) is 2. The van der Waals surface area contributed by atoms with Crippen molar-refractivity contribution in [2.75, 3.05) is 6.61 Å². The molecule has 184 valence electrons. The van der Waals surface area contributed by atoms with Gasteiger partial charge in [0.1, 0.15) is 24.9 Å². The molecule has 10 heteroatoms. The second kappa shape index (κ2) is 12.6. The van der Waals surface area contributed by atoms with Crippen molar-refractivity contribution < 1.29 is 33.7 Å². The second-order valence-electron chi connectivity index (χ2n) is 8.37. The standard InChI is InChI=1S/C24H27Cl2NO7/c1-24(2,3)34-20(29)12-18(27-23(31)33-13-15-8-5-4-6-9-15)19(28)14-32-22(30)21-16(25)10-7-11-17(21)26/h4-11,18-19,28H,12-14H2,1-3H3,(H,27,31)/t18-,19?/m0/s1. The lowest BCUT2D eigenvalue weighted by atomic mass is 10.1. The van der Waals surface area contributed by atoms with E-state index in [-0.39, 0.29) is 28.6 Å². The fourth-order valence-electron chi connectivity index (χ4n) is 2.80. The van der Waals surface area contributed by atoms with Crippen molar-refractivity contribution in [3.8, 4) is 0 Å². The van der Waals surface area contributed by atoms with E-state index in [0.29, 0.717) is 0 Å². The summed E-state index contributed by atoms with van der Waals surface area (Å²) in [5.74, 6) is -1.53. The minimum atomic E-state index is -1.46. The normalized spacial score (nSPS) is 12.9. The van der Waals surface area contributed by atoms with Gasteiger partial charge in [-0.3, -0.25) is 4.79 Å². The summed E-state index contributed by atoms with van der Waals surface area (Å²) < 4.78 is 15.6. The third kappa shape index (κ3) is 9.21. The number of rotatable bonds is 9. The van der Waals surface area contributed by atoms with Gasteiger partial charge in [0.25, 0.3) is 0 Å². The Bertz CT molecular complexity index is 972. The highest BCUT2D eigenvalue weighted by Gasteiger charge is 2.29. The maximum atomic E-state index is 12.4. The van der Waals surface area contributed by atoms with Gasteiger partial charge >= 0.3 is 18.0 Å². The van der Waals surface area contributed by atoms with Gasteiger partial charge in [0.05, 0.1) is 28.1 Å². The number of benzene rings is 2. The number of aliphatic hydroxyl groups excluding tert-OH is 1. The van der Waals surface area contributed by atoms with Crippen molar-refractivity contribution in [3.05, 3.63) is 69.7 Å². The molecule has 2 aromatic carbocycles. The van der Waals surface area contributed by atoms with Crippen molar-refractivity contribution >= 4 is 41.2 Å². The first-order chi connectivity index (χ1) is 16.0. The number of nitrogens with one attached hydrogen (secondary N) is 1. The molecule has 1 unspecified atom stereocenters. The number of hydrogen-bond acceptors (Lipinski definition) is 7. The average molecular weight is 512 g/mol. The molecule has 0 aliphatic carbocycles. The Morgan fingerprint density at radius 3 is 2.18 bits per heavy atom. The number of ether oxygens (including phenoxy) is 3. The molecule has 0 saturated heterocycles. The Morgan fingerprint density at radius 1 is 0.971 bits per heavy atom. The van der Waals surface area contributed by atoms with Crippen molar-refractivity contribution in [1.29, 1.82) is 0 Å². The molecule has 0 aliphatic heterocycles. The zero-order valence-electron chi connectivity index (χ0n) is 19.0. The molecular formula is C24H27Cl2NO7. The first-order valence-corrected chi connectivity index (χ1v) is 11.2. The number of aliphatic hydroxyl groups is 1. The average Bonchev–Trinajstić information content (AvgIpc) is 2.75. The molecule has 0 radical (unpaired) electrons. The highest BCUT2D eigenvalue weighted by atomic mass is 35.5. The maximum absolute atomic E-state index is 12.4. The summed E-state index contributed by atoms with van der Waals surface area (Å²) in [6.07, 6.45) is -2.71. The number of halogens is 2. The highest BCUT2D eigenvalue weighted by Crippen LogP contribution is 2.25. The van der Waals surface area contributed by atoms with Crippen molar-refractivity contribution in [1.82, 2.24) is 5.32 Å². The van der Waals surface area contributed by atoms with E-state index in [0.717, 1.165) is 5.56 Å². The van der Waals surface area contributed by atoms with Gasteiger partial charge in [0.2, 0.25) is 0 Å². The fraction of sp³-hybridized carbons (Fsp3) is 0.375. The van der Waals surface area contributed by atoms with Crippen LogP contribution in [0, 0.1) is 0 Å². The van der Waals surface area contributed by atoms with Gasteiger partial charge < -0.3 is 24.6 Å². The smallest absolute Gasteiger partial charge is 0.407 e. The van der Waals surface area contributed by atoms with E-state index in [1.807, 2.05) is 6.07 Å². The lowest BCUT2D eigenvalue weighted by Crippen LogP contribution is -2.47. The topological polar surface area (TPSA) is 111 Å². The van der Waals surface area contributed by atoms with Gasteiger partial charge in [-0.1, -0.05) is 59.6 Å². The van der Waals surface area contributed by atoms with Crippen molar-refractivity contribution in [2.45, 2.75) is 51.5 Å². The van der Waals surface area contributed by atoms with E-state index in [2.05, 4.69) is 5.32 Å². The van der Waals surface area contributed by atoms with Crippen LogP contribution in [-0.2, 0) is 25.6 Å². The van der Waals surface area contributed by atoms with Gasteiger partial charge in [-0.25, -0.2) is 9.59 Å². The minimum absolute atomic E-state index is 0.0120. The van der Waals surface area contributed by atoms with Crippen LogP contribution in [0.1, 0.15) is 43.1 Å². The van der Waals surface area contributed by atoms with Crippen LogP contribution in [0.3, 0.4) is 0 Å². The fourth-order valence-corrected chi connectivity index (χ4v) is 3.36. The van der Waals surface area contributed by atoms with E-state index in [4.69, 9.17) is 37.4 Å². The summed E-state index contributed by atoms with van der Waals surface area (Å²) in [6.45, 7) is 4.50. The van der Waals surface area contributed by atoms with Gasteiger partial charge in [0, 0.05) is 0 Å². The van der Waals surface area contributed by atoms with E-state index in [9.17, 15) is 19.5 Å². The molecule has 0 aliphatic rings. The summed E-state index contributed by atoms with van der Waals surface area (Å²) in [4.78, 5) is 37.0. The maximum Gasteiger partial charge on any atom is 0.407 e. The van der Waals surface area contributed by atoms with Crippen LogP contribution in [0.15, 0.2) is 48.5 Å². The number of carbonyl (C=O) groups excluding carboxylic acids is 3. The minimum Gasteiger partial charge on any atom is -0.460 e. The van der Waals surface area contributed by atoms with Gasteiger partial charge in [-0.05, 0) is 38.5 Å². The third-order valence-corrected chi connectivity index (χ3v) is 4.97. The molecule has 0 heterocycles. The van der Waals surface area contributed by atoms with Crippen LogP contribution >= 0.6 is 23.2 Å². The SMILES string of the molecule is CC(C)(C)OC(=O)C[C@H](NC(=O)OCc1ccccc1)C(O)COC(=O)c1c(Cl)cccc1Cl. The molecular weight excluding hydrogens is 485 g/mol. The molecule has 8 nitrogen and oxygen atoms in total. The predicted molar refractivity (Wildman–Crippen MR) is 127 cm³/mol. The van der Waals surface area contributed by atoms with Gasteiger partial charge in [-0.15, -0.1) is 0 Å². The molecule has 1 amide bonds. The number of amides is 1.